The van der Waals surface area contributed by atoms with Gasteiger partial charge in [-0.25, -0.2) is 13.2 Å². The molecule has 51 heavy (non-hydrogen) atoms. The van der Waals surface area contributed by atoms with Crippen LogP contribution in [0.25, 0.3) is 0 Å². The van der Waals surface area contributed by atoms with Crippen LogP contribution >= 0.6 is 11.3 Å². The zero-order chi connectivity index (χ0) is 38.3. The summed E-state index contributed by atoms with van der Waals surface area (Å²) in [4.78, 5) is 70.2. The van der Waals surface area contributed by atoms with Crippen LogP contribution in [0.2, 0.25) is 0 Å². The Bertz CT molecular complexity index is 1720. The van der Waals surface area contributed by atoms with Crippen molar-refractivity contribution in [2.45, 2.75) is 104 Å². The minimum Gasteiger partial charge on any atom is -0.346 e. The second-order valence-corrected chi connectivity index (χ2v) is 19.3. The summed E-state index contributed by atoms with van der Waals surface area (Å²) in [5, 5.41) is 12.7. The van der Waals surface area contributed by atoms with E-state index >= 15 is 0 Å². The molecule has 2 fully saturated rings. The van der Waals surface area contributed by atoms with Gasteiger partial charge in [-0.3, -0.25) is 19.2 Å². The predicted molar refractivity (Wildman–Crippen MR) is 195 cm³/mol. The number of nitrogens with zero attached hydrogens (tertiary/aromatic N) is 2. The maximum Gasteiger partial charge on any atom is 0.315 e. The molecule has 0 spiro atoms. The molecule has 1 aromatic heterocycles. The standard InChI is InChI=1S/C36H52N6O7S2/c1-11-13-14-22(28(43)31(45)37-16-12-2)38-30(44)27-26-21(36(26,9)10)18-42(27)32(46)29(35(6,7)8)40-33(47)39-25(34(3,4)5)20-41-19-23-24(15-17-50-23)51(41,48)49/h1,12,15,17,21-22,25-27,29H,2,13-14,16,18-20H2,3-10H3,(H,37,45)(H,38,44)(H2,39,40,47)/t21-,22?,25+,26-,27-,29+/m0/s1. The molecule has 5 amide bonds. The first-order valence-corrected chi connectivity index (χ1v) is 19.5. The van der Waals surface area contributed by atoms with E-state index in [0.29, 0.717) is 0 Å². The third kappa shape index (κ3) is 8.34. The summed E-state index contributed by atoms with van der Waals surface area (Å²) in [6.45, 7) is 19.3. The van der Waals surface area contributed by atoms with Crippen LogP contribution in [0, 0.1) is 40.4 Å². The highest BCUT2D eigenvalue weighted by Crippen LogP contribution is 2.65. The van der Waals surface area contributed by atoms with Crippen molar-refractivity contribution in [3.8, 4) is 12.3 Å². The molecule has 1 saturated carbocycles. The van der Waals surface area contributed by atoms with Gasteiger partial charge in [0.2, 0.25) is 27.6 Å². The van der Waals surface area contributed by atoms with Crippen molar-refractivity contribution in [3.05, 3.63) is 29.0 Å². The molecule has 1 unspecified atom stereocenters. The van der Waals surface area contributed by atoms with Crippen molar-refractivity contribution in [2.24, 2.45) is 28.1 Å². The predicted octanol–water partition coefficient (Wildman–Crippen LogP) is 2.63. The second kappa shape index (κ2) is 14.7. The number of nitrogens with one attached hydrogen (secondary N) is 4. The summed E-state index contributed by atoms with van der Waals surface area (Å²) in [5.74, 6) is -0.511. The molecule has 3 heterocycles. The number of rotatable bonds is 13. The fourth-order valence-corrected chi connectivity index (χ4v) is 10.0. The molecule has 1 saturated heterocycles. The van der Waals surface area contributed by atoms with E-state index in [1.165, 1.54) is 26.6 Å². The largest absolute Gasteiger partial charge is 0.346 e. The van der Waals surface area contributed by atoms with Crippen LogP contribution in [0.15, 0.2) is 29.0 Å². The van der Waals surface area contributed by atoms with Crippen molar-refractivity contribution < 1.29 is 32.4 Å². The Morgan fingerprint density at radius 1 is 1.10 bits per heavy atom. The Morgan fingerprint density at radius 2 is 1.76 bits per heavy atom. The van der Waals surface area contributed by atoms with Crippen molar-refractivity contribution >= 4 is 50.9 Å². The maximum absolute atomic E-state index is 14.4. The lowest BCUT2D eigenvalue weighted by Gasteiger charge is -2.39. The van der Waals surface area contributed by atoms with Crippen LogP contribution in [0.3, 0.4) is 0 Å². The van der Waals surface area contributed by atoms with Gasteiger partial charge >= 0.3 is 6.03 Å². The molecular formula is C36H52N6O7S2. The van der Waals surface area contributed by atoms with Crippen molar-refractivity contribution in [3.63, 3.8) is 0 Å². The van der Waals surface area contributed by atoms with Gasteiger partial charge in [-0.1, -0.05) is 61.5 Å². The number of Topliss-reactive ketones (excluding diaryl/α,β-unsaturated/α-hetero) is 1. The van der Waals surface area contributed by atoms with Crippen LogP contribution in [0.1, 0.15) is 73.1 Å². The van der Waals surface area contributed by atoms with Gasteiger partial charge in [0.05, 0.1) is 10.9 Å². The fourth-order valence-electron chi connectivity index (χ4n) is 7.08. The molecular weight excluding hydrogens is 693 g/mol. The summed E-state index contributed by atoms with van der Waals surface area (Å²) in [5.41, 5.74) is -1.60. The first-order chi connectivity index (χ1) is 23.6. The average Bonchev–Trinajstić information content (AvgIpc) is 3.48. The minimum atomic E-state index is -3.70. The van der Waals surface area contributed by atoms with E-state index in [1.807, 2.05) is 34.6 Å². The molecule has 280 valence electrons. The highest BCUT2D eigenvalue weighted by molar-refractivity contribution is 7.89. The number of fused-ring (bicyclic) bond motifs is 2. The lowest BCUT2D eigenvalue weighted by atomic mass is 9.85. The number of hydrogen-bond donors (Lipinski definition) is 4. The van der Waals surface area contributed by atoms with E-state index in [-0.39, 0.29) is 61.2 Å². The summed E-state index contributed by atoms with van der Waals surface area (Å²) in [6.07, 6.45) is 7.04. The molecule has 0 bridgehead atoms. The lowest BCUT2D eigenvalue weighted by molar-refractivity contribution is -0.145. The van der Waals surface area contributed by atoms with Gasteiger partial charge in [-0.2, -0.15) is 4.31 Å². The lowest BCUT2D eigenvalue weighted by Crippen LogP contribution is -2.62. The number of terminal acetylenes is 1. The highest BCUT2D eigenvalue weighted by atomic mass is 32.2. The van der Waals surface area contributed by atoms with Gasteiger partial charge in [0.1, 0.15) is 12.1 Å². The first kappa shape index (κ1) is 40.0. The molecule has 3 aliphatic rings. The molecule has 13 nitrogen and oxygen atoms in total. The molecule has 4 rings (SSSR count). The molecule has 1 aliphatic carbocycles. The van der Waals surface area contributed by atoms with E-state index in [4.69, 9.17) is 6.42 Å². The highest BCUT2D eigenvalue weighted by Gasteiger charge is 2.70. The molecule has 4 N–H and O–H groups in total. The molecule has 1 aromatic rings. The second-order valence-electron chi connectivity index (χ2n) is 16.4. The van der Waals surface area contributed by atoms with E-state index in [2.05, 4.69) is 33.8 Å². The van der Waals surface area contributed by atoms with Gasteiger partial charge in [-0.15, -0.1) is 30.3 Å². The normalized spacial score (nSPS) is 23.4. The van der Waals surface area contributed by atoms with Gasteiger partial charge in [-0.05, 0) is 45.9 Å². The number of carbonyl (C=O) groups excluding carboxylic acids is 5. The third-order valence-electron chi connectivity index (χ3n) is 10.4. The van der Waals surface area contributed by atoms with Crippen LogP contribution < -0.4 is 21.3 Å². The Labute approximate surface area is 305 Å². The zero-order valence-electron chi connectivity index (χ0n) is 30.8. The monoisotopic (exact) mass is 744 g/mol. The molecule has 2 aliphatic heterocycles. The summed E-state index contributed by atoms with van der Waals surface area (Å²) in [7, 11) is -3.70. The van der Waals surface area contributed by atoms with Crippen LogP contribution in [0.4, 0.5) is 4.79 Å². The minimum absolute atomic E-state index is 0.0123. The Kier molecular flexibility index (Phi) is 11.5. The molecule has 6 atom stereocenters. The molecule has 0 radical (unpaired) electrons. The van der Waals surface area contributed by atoms with E-state index < -0.39 is 74.6 Å². The van der Waals surface area contributed by atoms with Crippen LogP contribution in [-0.4, -0.2) is 91.0 Å². The van der Waals surface area contributed by atoms with Crippen LogP contribution in [0.5, 0.6) is 0 Å². The smallest absolute Gasteiger partial charge is 0.315 e. The fraction of sp³-hybridized carbons (Fsp3) is 0.639. The topological polar surface area (TPSA) is 174 Å². The van der Waals surface area contributed by atoms with Gasteiger partial charge < -0.3 is 26.2 Å². The van der Waals surface area contributed by atoms with E-state index in [9.17, 15) is 32.4 Å². The third-order valence-corrected chi connectivity index (χ3v) is 13.3. The SMILES string of the molecule is C#CCCC(NC(=O)[C@@H]1[C@@H]2[C@H](CN1C(=O)[C@@H](NC(=O)N[C@H](CN1Cc3sccc3S1(=O)=O)C(C)(C)C)C(C)(C)C)C2(C)C)C(=O)C(=O)NCC=C. The first-order valence-electron chi connectivity index (χ1n) is 17.2. The van der Waals surface area contributed by atoms with E-state index in [0.717, 1.165) is 4.88 Å². The number of hydrogen-bond acceptors (Lipinski definition) is 8. The number of likely N-dealkylation sites (tertiary alicyclic amines) is 1. The van der Waals surface area contributed by atoms with Gasteiger partial charge in [0.25, 0.3) is 5.91 Å². The summed E-state index contributed by atoms with van der Waals surface area (Å²) >= 11 is 1.37. The maximum atomic E-state index is 14.4. The number of ketones is 1. The quantitative estimate of drug-likeness (QED) is 0.137. The summed E-state index contributed by atoms with van der Waals surface area (Å²) in [6, 6.07) is -2.89. The van der Waals surface area contributed by atoms with Crippen molar-refractivity contribution in [1.82, 2.24) is 30.5 Å². The Morgan fingerprint density at radius 3 is 2.33 bits per heavy atom. The Balaban J connectivity index is 1.53. The number of sulfonamides is 1. The Hall–Kier alpha value is -3.74. The van der Waals surface area contributed by atoms with Gasteiger partial charge in [0, 0.05) is 43.5 Å². The molecule has 15 heteroatoms. The zero-order valence-corrected chi connectivity index (χ0v) is 32.4. The van der Waals surface area contributed by atoms with Crippen molar-refractivity contribution in [1.29, 1.82) is 0 Å². The number of urea groups is 1. The van der Waals surface area contributed by atoms with Crippen LogP contribution in [-0.2, 0) is 35.7 Å². The number of amides is 5. The summed E-state index contributed by atoms with van der Waals surface area (Å²) < 4.78 is 27.8. The van der Waals surface area contributed by atoms with Crippen molar-refractivity contribution in [2.75, 3.05) is 19.6 Å². The number of thiophene rings is 1. The van der Waals surface area contributed by atoms with E-state index in [1.54, 1.807) is 32.2 Å². The molecule has 0 aromatic carbocycles. The number of piperidine rings is 1. The number of carbonyl (C=O) groups is 5. The van der Waals surface area contributed by atoms with Gasteiger partial charge in [0.15, 0.2) is 0 Å². The average molecular weight is 745 g/mol.